The summed E-state index contributed by atoms with van der Waals surface area (Å²) in [6.07, 6.45) is 1.35. The zero-order valence-electron chi connectivity index (χ0n) is 14.1. The predicted octanol–water partition coefficient (Wildman–Crippen LogP) is 3.09. The molecule has 1 fully saturated rings. The van der Waals surface area contributed by atoms with Crippen LogP contribution >= 0.6 is 0 Å². The molecule has 0 bridgehead atoms. The summed E-state index contributed by atoms with van der Waals surface area (Å²) in [6.45, 7) is 3.50. The van der Waals surface area contributed by atoms with Gasteiger partial charge in [-0.25, -0.2) is 0 Å². The highest BCUT2D eigenvalue weighted by atomic mass is 16.5. The van der Waals surface area contributed by atoms with Crippen molar-refractivity contribution in [2.75, 3.05) is 31.2 Å². The number of aromatic nitrogens is 2. The molecule has 0 aliphatic carbocycles. The number of ether oxygens (including phenoxy) is 1. The minimum absolute atomic E-state index is 0.657. The Morgan fingerprint density at radius 1 is 0.840 bits per heavy atom. The van der Waals surface area contributed by atoms with Crippen LogP contribution in [-0.4, -0.2) is 36.4 Å². The Bertz CT molecular complexity index is 793. The Morgan fingerprint density at radius 3 is 2.32 bits per heavy atom. The van der Waals surface area contributed by atoms with Gasteiger partial charge in [0.05, 0.1) is 19.6 Å². The number of benzene rings is 2. The smallest absolute Gasteiger partial charge is 0.231 e. The van der Waals surface area contributed by atoms with Gasteiger partial charge in [-0.05, 0) is 23.3 Å². The molecule has 2 aromatic carbocycles. The van der Waals surface area contributed by atoms with Crippen LogP contribution in [0, 0.1) is 0 Å². The lowest BCUT2D eigenvalue weighted by atomic mass is 10.1. The molecule has 1 aliphatic rings. The minimum atomic E-state index is 0.657. The summed E-state index contributed by atoms with van der Waals surface area (Å²) < 4.78 is 10.8. The van der Waals surface area contributed by atoms with E-state index in [1.54, 1.807) is 0 Å². The zero-order valence-corrected chi connectivity index (χ0v) is 14.1. The van der Waals surface area contributed by atoms with Gasteiger partial charge in [-0.3, -0.25) is 0 Å². The fraction of sp³-hybridized carbons (Fsp3) is 0.300. The van der Waals surface area contributed by atoms with E-state index in [9.17, 15) is 0 Å². The lowest BCUT2D eigenvalue weighted by Gasteiger charge is -2.28. The van der Waals surface area contributed by atoms with Crippen molar-refractivity contribution in [2.45, 2.75) is 12.8 Å². The van der Waals surface area contributed by atoms with Crippen molar-refractivity contribution in [3.05, 3.63) is 77.4 Å². The quantitative estimate of drug-likeness (QED) is 0.717. The molecule has 25 heavy (non-hydrogen) atoms. The van der Waals surface area contributed by atoms with E-state index in [4.69, 9.17) is 9.26 Å². The van der Waals surface area contributed by atoms with Crippen LogP contribution in [0.25, 0.3) is 0 Å². The number of rotatable bonds is 5. The number of hydrogen-bond donors (Lipinski definition) is 0. The minimum Gasteiger partial charge on any atom is -0.378 e. The molecule has 0 atom stereocenters. The molecule has 0 radical (unpaired) electrons. The van der Waals surface area contributed by atoms with Gasteiger partial charge in [-0.15, -0.1) is 0 Å². The second-order valence-electron chi connectivity index (χ2n) is 6.21. The molecule has 128 valence electrons. The maximum absolute atomic E-state index is 5.40. The van der Waals surface area contributed by atoms with E-state index >= 15 is 0 Å². The fourth-order valence-electron chi connectivity index (χ4n) is 3.03. The molecule has 0 amide bonds. The first-order valence-electron chi connectivity index (χ1n) is 8.64. The van der Waals surface area contributed by atoms with Gasteiger partial charge < -0.3 is 14.2 Å². The van der Waals surface area contributed by atoms with Gasteiger partial charge in [0.2, 0.25) is 5.89 Å². The third kappa shape index (κ3) is 4.06. The Kier molecular flexibility index (Phi) is 4.74. The standard InChI is InChI=1S/C20H21N3O2/c1-2-4-16(5-3-1)14-19-21-20(25-22-19)15-17-6-8-18(9-7-17)23-10-12-24-13-11-23/h1-9H,10-15H2. The molecule has 5 nitrogen and oxygen atoms in total. The fourth-order valence-corrected chi connectivity index (χ4v) is 3.03. The van der Waals surface area contributed by atoms with Crippen LogP contribution in [0.15, 0.2) is 59.1 Å². The molecule has 1 saturated heterocycles. The zero-order chi connectivity index (χ0) is 16.9. The highest BCUT2D eigenvalue weighted by Gasteiger charge is 2.12. The van der Waals surface area contributed by atoms with Gasteiger partial charge in [0.15, 0.2) is 5.82 Å². The van der Waals surface area contributed by atoms with E-state index in [0.717, 1.165) is 32.1 Å². The molecule has 4 rings (SSSR count). The van der Waals surface area contributed by atoms with Crippen LogP contribution in [0.2, 0.25) is 0 Å². The van der Waals surface area contributed by atoms with Gasteiger partial charge in [0, 0.05) is 25.2 Å². The molecular weight excluding hydrogens is 314 g/mol. The predicted molar refractivity (Wildman–Crippen MR) is 95.8 cm³/mol. The average Bonchev–Trinajstić information content (AvgIpc) is 3.11. The normalized spacial score (nSPS) is 14.6. The number of nitrogens with zero attached hydrogens (tertiary/aromatic N) is 3. The largest absolute Gasteiger partial charge is 0.378 e. The van der Waals surface area contributed by atoms with E-state index < -0.39 is 0 Å². The van der Waals surface area contributed by atoms with E-state index in [-0.39, 0.29) is 0 Å². The van der Waals surface area contributed by atoms with Crippen molar-refractivity contribution in [1.82, 2.24) is 10.1 Å². The maximum Gasteiger partial charge on any atom is 0.231 e. The molecule has 3 aromatic rings. The first kappa shape index (κ1) is 15.8. The van der Waals surface area contributed by atoms with Gasteiger partial charge in [0.25, 0.3) is 0 Å². The van der Waals surface area contributed by atoms with Crippen LogP contribution in [0.1, 0.15) is 22.8 Å². The highest BCUT2D eigenvalue weighted by molar-refractivity contribution is 5.48. The molecule has 1 aromatic heterocycles. The van der Waals surface area contributed by atoms with Crippen LogP contribution < -0.4 is 4.90 Å². The van der Waals surface area contributed by atoms with Crippen molar-refractivity contribution >= 4 is 5.69 Å². The first-order valence-corrected chi connectivity index (χ1v) is 8.64. The Labute approximate surface area is 147 Å². The molecule has 2 heterocycles. The summed E-state index contributed by atoms with van der Waals surface area (Å²) >= 11 is 0. The van der Waals surface area contributed by atoms with E-state index in [2.05, 4.69) is 51.4 Å². The van der Waals surface area contributed by atoms with Crippen molar-refractivity contribution < 1.29 is 9.26 Å². The van der Waals surface area contributed by atoms with Gasteiger partial charge in [0.1, 0.15) is 0 Å². The summed E-state index contributed by atoms with van der Waals surface area (Å²) in [4.78, 5) is 6.85. The third-order valence-electron chi connectivity index (χ3n) is 4.38. The van der Waals surface area contributed by atoms with Gasteiger partial charge in [-0.1, -0.05) is 47.6 Å². The van der Waals surface area contributed by atoms with Crippen molar-refractivity contribution in [2.24, 2.45) is 0 Å². The summed E-state index contributed by atoms with van der Waals surface area (Å²) in [6, 6.07) is 18.8. The molecule has 0 spiro atoms. The molecule has 5 heteroatoms. The van der Waals surface area contributed by atoms with Crippen molar-refractivity contribution in [1.29, 1.82) is 0 Å². The number of hydrogen-bond acceptors (Lipinski definition) is 5. The van der Waals surface area contributed by atoms with Crippen molar-refractivity contribution in [3.8, 4) is 0 Å². The van der Waals surface area contributed by atoms with Crippen LogP contribution in [0.5, 0.6) is 0 Å². The van der Waals surface area contributed by atoms with Crippen LogP contribution in [0.4, 0.5) is 5.69 Å². The van der Waals surface area contributed by atoms with E-state index in [1.165, 1.54) is 16.8 Å². The number of morpholine rings is 1. The highest BCUT2D eigenvalue weighted by Crippen LogP contribution is 2.18. The summed E-state index contributed by atoms with van der Waals surface area (Å²) in [7, 11) is 0. The maximum atomic E-state index is 5.40. The first-order chi connectivity index (χ1) is 12.4. The lowest BCUT2D eigenvalue weighted by molar-refractivity contribution is 0.122. The number of anilines is 1. The topological polar surface area (TPSA) is 51.4 Å². The second kappa shape index (κ2) is 7.49. The van der Waals surface area contributed by atoms with Crippen LogP contribution in [0.3, 0.4) is 0 Å². The molecule has 0 unspecified atom stereocenters. The SMILES string of the molecule is c1ccc(Cc2noc(Cc3ccc(N4CCOCC4)cc3)n2)cc1. The summed E-state index contributed by atoms with van der Waals surface area (Å²) in [5, 5.41) is 4.09. The molecule has 0 saturated carbocycles. The molecule has 1 aliphatic heterocycles. The average molecular weight is 335 g/mol. The Balaban J connectivity index is 1.39. The molecular formula is C20H21N3O2. The monoisotopic (exact) mass is 335 g/mol. The molecule has 0 N–H and O–H groups in total. The second-order valence-corrected chi connectivity index (χ2v) is 6.21. The van der Waals surface area contributed by atoms with Gasteiger partial charge >= 0.3 is 0 Å². The van der Waals surface area contributed by atoms with E-state index in [1.807, 2.05) is 18.2 Å². The Morgan fingerprint density at radius 2 is 1.56 bits per heavy atom. The summed E-state index contributed by atoms with van der Waals surface area (Å²) in [5.41, 5.74) is 3.60. The lowest BCUT2D eigenvalue weighted by Crippen LogP contribution is -2.36. The van der Waals surface area contributed by atoms with Crippen molar-refractivity contribution in [3.63, 3.8) is 0 Å². The van der Waals surface area contributed by atoms with Crippen LogP contribution in [-0.2, 0) is 17.6 Å². The third-order valence-corrected chi connectivity index (χ3v) is 4.38. The van der Waals surface area contributed by atoms with Gasteiger partial charge in [-0.2, -0.15) is 4.98 Å². The Hall–Kier alpha value is -2.66. The summed E-state index contributed by atoms with van der Waals surface area (Å²) in [5.74, 6) is 1.39. The van der Waals surface area contributed by atoms with E-state index in [0.29, 0.717) is 18.7 Å².